The Bertz CT molecular complexity index is 373. The molecule has 0 aliphatic carbocycles. The lowest BCUT2D eigenvalue weighted by molar-refractivity contribution is 0.134. The van der Waals surface area contributed by atoms with Crippen LogP contribution >= 0.6 is 0 Å². The first-order chi connectivity index (χ1) is 8.66. The molecular weight excluding hydrogens is 220 g/mol. The third-order valence-corrected chi connectivity index (χ3v) is 3.85. The van der Waals surface area contributed by atoms with Gasteiger partial charge in [0.1, 0.15) is 0 Å². The van der Waals surface area contributed by atoms with E-state index in [4.69, 9.17) is 0 Å². The van der Waals surface area contributed by atoms with E-state index < -0.39 is 0 Å². The van der Waals surface area contributed by atoms with Gasteiger partial charge in [-0.3, -0.25) is 4.90 Å². The summed E-state index contributed by atoms with van der Waals surface area (Å²) in [5, 5.41) is 3.53. The predicted octanol–water partition coefficient (Wildman–Crippen LogP) is 2.81. The van der Waals surface area contributed by atoms with Crippen molar-refractivity contribution < 1.29 is 0 Å². The van der Waals surface area contributed by atoms with Gasteiger partial charge in [-0.25, -0.2) is 0 Å². The fourth-order valence-corrected chi connectivity index (χ4v) is 2.79. The molecule has 1 aromatic carbocycles. The normalized spacial score (nSPS) is 21.4. The molecule has 1 heterocycles. The summed E-state index contributed by atoms with van der Waals surface area (Å²) in [6, 6.07) is 9.46. The van der Waals surface area contributed by atoms with E-state index in [2.05, 4.69) is 55.3 Å². The Labute approximate surface area is 111 Å². The van der Waals surface area contributed by atoms with Gasteiger partial charge < -0.3 is 5.32 Å². The highest BCUT2D eigenvalue weighted by atomic mass is 15.2. The zero-order valence-corrected chi connectivity index (χ0v) is 11.9. The number of hydrogen-bond acceptors (Lipinski definition) is 2. The minimum Gasteiger partial charge on any atom is -0.314 e. The minimum absolute atomic E-state index is 0.693. The highest BCUT2D eigenvalue weighted by molar-refractivity contribution is 5.25. The lowest BCUT2D eigenvalue weighted by atomic mass is 9.99. The van der Waals surface area contributed by atoms with Crippen LogP contribution in [0.1, 0.15) is 31.4 Å². The molecule has 1 unspecified atom stereocenters. The first-order valence-corrected chi connectivity index (χ1v) is 7.16. The van der Waals surface area contributed by atoms with Crippen LogP contribution in [0.15, 0.2) is 24.3 Å². The topological polar surface area (TPSA) is 15.3 Å². The van der Waals surface area contributed by atoms with Crippen molar-refractivity contribution >= 4 is 0 Å². The Morgan fingerprint density at radius 3 is 2.83 bits per heavy atom. The van der Waals surface area contributed by atoms with Gasteiger partial charge in [0, 0.05) is 32.2 Å². The average Bonchev–Trinajstić information content (AvgIpc) is 2.34. The SMILES string of the molecule is Cc1ccccc1CN1CCNCC1CC(C)C. The van der Waals surface area contributed by atoms with Gasteiger partial charge in [0.15, 0.2) is 0 Å². The van der Waals surface area contributed by atoms with Gasteiger partial charge in [-0.1, -0.05) is 38.1 Å². The maximum atomic E-state index is 3.53. The molecule has 2 rings (SSSR count). The van der Waals surface area contributed by atoms with Gasteiger partial charge in [-0.05, 0) is 30.4 Å². The van der Waals surface area contributed by atoms with Crippen LogP contribution in [0, 0.1) is 12.8 Å². The highest BCUT2D eigenvalue weighted by Gasteiger charge is 2.23. The van der Waals surface area contributed by atoms with Gasteiger partial charge >= 0.3 is 0 Å². The van der Waals surface area contributed by atoms with E-state index in [1.54, 1.807) is 0 Å². The van der Waals surface area contributed by atoms with Crippen molar-refractivity contribution in [2.75, 3.05) is 19.6 Å². The molecule has 0 aromatic heterocycles. The van der Waals surface area contributed by atoms with E-state index in [9.17, 15) is 0 Å². The van der Waals surface area contributed by atoms with Crippen LogP contribution in [0.25, 0.3) is 0 Å². The summed E-state index contributed by atoms with van der Waals surface area (Å²) >= 11 is 0. The van der Waals surface area contributed by atoms with Crippen LogP contribution in [0.4, 0.5) is 0 Å². The summed E-state index contributed by atoms with van der Waals surface area (Å²) in [6.45, 7) is 11.4. The highest BCUT2D eigenvalue weighted by Crippen LogP contribution is 2.18. The summed E-state index contributed by atoms with van der Waals surface area (Å²) in [4.78, 5) is 2.65. The molecule has 18 heavy (non-hydrogen) atoms. The molecule has 0 saturated carbocycles. The molecule has 0 spiro atoms. The van der Waals surface area contributed by atoms with Gasteiger partial charge in [-0.2, -0.15) is 0 Å². The maximum Gasteiger partial charge on any atom is 0.0240 e. The molecule has 0 amide bonds. The Hall–Kier alpha value is -0.860. The van der Waals surface area contributed by atoms with Gasteiger partial charge in [0.25, 0.3) is 0 Å². The lowest BCUT2D eigenvalue weighted by Gasteiger charge is -2.37. The molecule has 1 atom stereocenters. The molecule has 1 aliphatic heterocycles. The second-order valence-corrected chi connectivity index (χ2v) is 5.88. The number of benzene rings is 1. The molecule has 1 aromatic rings. The van der Waals surface area contributed by atoms with E-state index in [-0.39, 0.29) is 0 Å². The molecule has 100 valence electrons. The molecule has 1 saturated heterocycles. The summed E-state index contributed by atoms with van der Waals surface area (Å²) in [7, 11) is 0. The fraction of sp³-hybridized carbons (Fsp3) is 0.625. The molecular formula is C16H26N2. The predicted molar refractivity (Wildman–Crippen MR) is 77.7 cm³/mol. The monoisotopic (exact) mass is 246 g/mol. The van der Waals surface area contributed by atoms with Crippen molar-refractivity contribution in [1.82, 2.24) is 10.2 Å². The summed E-state index contributed by atoms with van der Waals surface area (Å²) in [6.07, 6.45) is 1.29. The van der Waals surface area contributed by atoms with Gasteiger partial charge in [0.2, 0.25) is 0 Å². The van der Waals surface area contributed by atoms with Crippen molar-refractivity contribution in [3.05, 3.63) is 35.4 Å². The smallest absolute Gasteiger partial charge is 0.0240 e. The van der Waals surface area contributed by atoms with E-state index in [1.165, 1.54) is 24.1 Å². The number of rotatable bonds is 4. The molecule has 1 N–H and O–H groups in total. The summed E-state index contributed by atoms with van der Waals surface area (Å²) < 4.78 is 0. The van der Waals surface area contributed by atoms with Crippen LogP contribution in [0.3, 0.4) is 0 Å². The van der Waals surface area contributed by atoms with Crippen molar-refractivity contribution in [2.24, 2.45) is 5.92 Å². The van der Waals surface area contributed by atoms with E-state index in [0.29, 0.717) is 6.04 Å². The minimum atomic E-state index is 0.693. The Morgan fingerprint density at radius 2 is 2.11 bits per heavy atom. The van der Waals surface area contributed by atoms with Crippen LogP contribution in [0.5, 0.6) is 0 Å². The number of hydrogen-bond donors (Lipinski definition) is 1. The standard InChI is InChI=1S/C16H26N2/c1-13(2)10-16-11-17-8-9-18(16)12-15-7-5-4-6-14(15)3/h4-7,13,16-17H,8-12H2,1-3H3. The Morgan fingerprint density at radius 1 is 1.33 bits per heavy atom. The second kappa shape index (κ2) is 6.35. The number of aryl methyl sites for hydroxylation is 1. The van der Waals surface area contributed by atoms with Crippen LogP contribution in [0.2, 0.25) is 0 Å². The second-order valence-electron chi connectivity index (χ2n) is 5.88. The number of nitrogens with zero attached hydrogens (tertiary/aromatic N) is 1. The zero-order valence-electron chi connectivity index (χ0n) is 11.9. The van der Waals surface area contributed by atoms with Crippen molar-refractivity contribution in [3.8, 4) is 0 Å². The third-order valence-electron chi connectivity index (χ3n) is 3.85. The Balaban J connectivity index is 2.03. The lowest BCUT2D eigenvalue weighted by Crippen LogP contribution is -2.51. The van der Waals surface area contributed by atoms with E-state index in [1.807, 2.05) is 0 Å². The average molecular weight is 246 g/mol. The fourth-order valence-electron chi connectivity index (χ4n) is 2.79. The van der Waals surface area contributed by atoms with Crippen LogP contribution in [-0.2, 0) is 6.54 Å². The largest absolute Gasteiger partial charge is 0.314 e. The third kappa shape index (κ3) is 3.56. The van der Waals surface area contributed by atoms with Crippen molar-refractivity contribution in [2.45, 2.75) is 39.8 Å². The maximum absolute atomic E-state index is 3.53. The quantitative estimate of drug-likeness (QED) is 0.879. The molecule has 2 nitrogen and oxygen atoms in total. The van der Waals surface area contributed by atoms with Gasteiger partial charge in [0.05, 0.1) is 0 Å². The van der Waals surface area contributed by atoms with Crippen LogP contribution < -0.4 is 5.32 Å². The summed E-state index contributed by atoms with van der Waals surface area (Å²) in [5.74, 6) is 0.772. The zero-order chi connectivity index (χ0) is 13.0. The summed E-state index contributed by atoms with van der Waals surface area (Å²) in [5.41, 5.74) is 2.90. The molecule has 2 heteroatoms. The van der Waals surface area contributed by atoms with E-state index >= 15 is 0 Å². The molecule has 0 radical (unpaired) electrons. The van der Waals surface area contributed by atoms with Crippen molar-refractivity contribution in [3.63, 3.8) is 0 Å². The van der Waals surface area contributed by atoms with Crippen molar-refractivity contribution in [1.29, 1.82) is 0 Å². The van der Waals surface area contributed by atoms with E-state index in [0.717, 1.165) is 25.6 Å². The molecule has 1 fully saturated rings. The molecule has 0 bridgehead atoms. The Kier molecular flexibility index (Phi) is 4.79. The first kappa shape index (κ1) is 13.6. The number of piperazine rings is 1. The number of nitrogens with one attached hydrogen (secondary N) is 1. The first-order valence-electron chi connectivity index (χ1n) is 7.16. The molecule has 1 aliphatic rings. The van der Waals surface area contributed by atoms with Crippen LogP contribution in [-0.4, -0.2) is 30.6 Å². The van der Waals surface area contributed by atoms with Gasteiger partial charge in [-0.15, -0.1) is 0 Å².